The highest BCUT2D eigenvalue weighted by atomic mass is 16.4. The van der Waals surface area contributed by atoms with Crippen molar-refractivity contribution < 1.29 is 10.4 Å². The van der Waals surface area contributed by atoms with E-state index in [9.17, 15) is 0 Å². The summed E-state index contributed by atoms with van der Waals surface area (Å²) in [4.78, 5) is 8.59. The van der Waals surface area contributed by atoms with Gasteiger partial charge in [-0.3, -0.25) is 9.98 Å². The number of hydrogen-bond donors (Lipinski definition) is 2. The molecule has 0 fully saturated rings. The monoisotopic (exact) mass is 242 g/mol. The van der Waals surface area contributed by atoms with Crippen LogP contribution in [0.15, 0.2) is 56.0 Å². The lowest BCUT2D eigenvalue weighted by Gasteiger charge is -2.30. The lowest BCUT2D eigenvalue weighted by molar-refractivity contribution is 0.310. The fourth-order valence-electron chi connectivity index (χ4n) is 2.35. The van der Waals surface area contributed by atoms with Crippen molar-refractivity contribution in [3.8, 4) is 0 Å². The second-order valence-corrected chi connectivity index (χ2v) is 4.02. The zero-order chi connectivity index (χ0) is 12.5. The van der Waals surface area contributed by atoms with Gasteiger partial charge in [-0.2, -0.15) is 0 Å². The van der Waals surface area contributed by atoms with Gasteiger partial charge >= 0.3 is 0 Å². The molecule has 2 N–H and O–H groups in total. The van der Waals surface area contributed by atoms with E-state index >= 15 is 0 Å². The number of hydrogen-bond acceptors (Lipinski definition) is 6. The van der Waals surface area contributed by atoms with Crippen molar-refractivity contribution in [1.29, 1.82) is 0 Å². The predicted octanol–water partition coefficient (Wildman–Crippen LogP) is 1.39. The zero-order valence-electron chi connectivity index (χ0n) is 9.30. The molecule has 0 saturated heterocycles. The number of fused-ring (bicyclic) bond motifs is 2. The Morgan fingerprint density at radius 3 is 1.67 bits per heavy atom. The molecule has 0 aromatic carbocycles. The Kier molecular flexibility index (Phi) is 2.40. The van der Waals surface area contributed by atoms with Crippen LogP contribution in [0, 0.1) is 11.8 Å². The van der Waals surface area contributed by atoms with Crippen molar-refractivity contribution in [1.82, 2.24) is 0 Å². The van der Waals surface area contributed by atoms with Gasteiger partial charge in [0.15, 0.2) is 0 Å². The Morgan fingerprint density at radius 2 is 1.28 bits per heavy atom. The van der Waals surface area contributed by atoms with Crippen LogP contribution in [0.25, 0.3) is 0 Å². The molecule has 0 radical (unpaired) electrons. The normalized spacial score (nSPS) is 33.1. The Labute approximate surface area is 103 Å². The number of nitrogens with zero attached hydrogens (tertiary/aromatic N) is 4. The smallest absolute Gasteiger partial charge is 0.118 e. The maximum Gasteiger partial charge on any atom is 0.118 e. The summed E-state index contributed by atoms with van der Waals surface area (Å²) in [6.45, 7) is 0. The van der Waals surface area contributed by atoms with Crippen molar-refractivity contribution in [2.75, 3.05) is 0 Å². The molecular weight excluding hydrogens is 232 g/mol. The third kappa shape index (κ3) is 1.35. The third-order valence-electron chi connectivity index (χ3n) is 3.13. The molecule has 6 heteroatoms. The van der Waals surface area contributed by atoms with Crippen LogP contribution in [-0.4, -0.2) is 34.3 Å². The molecule has 3 rings (SSSR count). The summed E-state index contributed by atoms with van der Waals surface area (Å²) in [5.41, 5.74) is 2.05. The maximum absolute atomic E-state index is 9.15. The van der Waals surface area contributed by atoms with Crippen LogP contribution in [0.1, 0.15) is 0 Å². The Balaban J connectivity index is 2.26. The van der Waals surface area contributed by atoms with E-state index in [1.807, 2.05) is 12.2 Å². The van der Waals surface area contributed by atoms with E-state index in [4.69, 9.17) is 10.4 Å². The molecule has 0 aromatic heterocycles. The fourth-order valence-corrected chi connectivity index (χ4v) is 2.35. The van der Waals surface area contributed by atoms with Crippen molar-refractivity contribution in [3.05, 3.63) is 35.7 Å². The van der Waals surface area contributed by atoms with Crippen molar-refractivity contribution in [2.45, 2.75) is 0 Å². The van der Waals surface area contributed by atoms with Gasteiger partial charge in [0, 0.05) is 12.4 Å². The predicted molar refractivity (Wildman–Crippen MR) is 67.7 cm³/mol. The summed E-state index contributed by atoms with van der Waals surface area (Å²) >= 11 is 0. The molecule has 0 spiro atoms. The second-order valence-electron chi connectivity index (χ2n) is 4.02. The summed E-state index contributed by atoms with van der Waals surface area (Å²) < 4.78 is 0. The van der Waals surface area contributed by atoms with Gasteiger partial charge in [0.1, 0.15) is 11.4 Å². The quantitative estimate of drug-likeness (QED) is 0.496. The van der Waals surface area contributed by atoms with E-state index in [0.717, 1.165) is 11.4 Å². The van der Waals surface area contributed by atoms with Gasteiger partial charge in [-0.15, -0.1) is 0 Å². The molecule has 0 aromatic rings. The van der Waals surface area contributed by atoms with E-state index in [1.165, 1.54) is 0 Å². The fraction of sp³-hybridized carbons (Fsp3) is 0.167. The van der Waals surface area contributed by atoms with Gasteiger partial charge in [-0.25, -0.2) is 0 Å². The largest absolute Gasteiger partial charge is 0.411 e. The minimum atomic E-state index is -0.319. The van der Waals surface area contributed by atoms with Gasteiger partial charge < -0.3 is 10.4 Å². The highest BCUT2D eigenvalue weighted by Crippen LogP contribution is 2.36. The van der Waals surface area contributed by atoms with Crippen LogP contribution in [0.3, 0.4) is 0 Å². The van der Waals surface area contributed by atoms with E-state index in [1.54, 1.807) is 24.6 Å². The summed E-state index contributed by atoms with van der Waals surface area (Å²) in [6, 6.07) is 0. The summed E-state index contributed by atoms with van der Waals surface area (Å²) in [7, 11) is 0. The van der Waals surface area contributed by atoms with Crippen LogP contribution in [0.4, 0.5) is 0 Å². The van der Waals surface area contributed by atoms with Crippen LogP contribution in [0.5, 0.6) is 0 Å². The van der Waals surface area contributed by atoms with E-state index in [-0.39, 0.29) is 11.8 Å². The topological polar surface area (TPSA) is 89.9 Å². The number of oxime groups is 2. The first-order valence-corrected chi connectivity index (χ1v) is 5.47. The molecule has 6 nitrogen and oxygen atoms in total. The SMILES string of the molecule is O/N=C1\C(=N/O)C2C=CC=NC2=C2N=CC=CC21. The lowest BCUT2D eigenvalue weighted by Crippen LogP contribution is -2.37. The standard InChI is InChI=1S/C12H10N4O2/c17-15-11-7-3-1-5-13-9(7)10-8(12(11)16-18)4-2-6-14-10/h1-8,17-18H/b15-11-,16-12-. The first-order chi connectivity index (χ1) is 8.86. The highest BCUT2D eigenvalue weighted by molar-refractivity contribution is 6.46. The van der Waals surface area contributed by atoms with E-state index in [2.05, 4.69) is 20.3 Å². The zero-order valence-corrected chi connectivity index (χ0v) is 9.30. The van der Waals surface area contributed by atoms with Gasteiger partial charge in [-0.05, 0) is 12.2 Å². The molecule has 2 unspecified atom stereocenters. The minimum Gasteiger partial charge on any atom is -0.411 e. The van der Waals surface area contributed by atoms with E-state index in [0.29, 0.717) is 11.4 Å². The minimum absolute atomic E-state index is 0.302. The van der Waals surface area contributed by atoms with Crippen LogP contribution >= 0.6 is 0 Å². The number of allylic oxidation sites excluding steroid dienone is 4. The first-order valence-electron chi connectivity index (χ1n) is 5.47. The molecule has 18 heavy (non-hydrogen) atoms. The third-order valence-corrected chi connectivity index (χ3v) is 3.13. The van der Waals surface area contributed by atoms with Crippen LogP contribution in [0.2, 0.25) is 0 Å². The number of aliphatic imine (C=N–C) groups is 2. The average Bonchev–Trinajstić information content (AvgIpc) is 2.45. The molecular formula is C12H10N4O2. The molecule has 0 saturated carbocycles. The lowest BCUT2D eigenvalue weighted by atomic mass is 9.78. The first kappa shape index (κ1) is 10.6. The average molecular weight is 242 g/mol. The number of rotatable bonds is 0. The molecule has 3 aliphatic rings. The molecule has 0 bridgehead atoms. The molecule has 2 atom stereocenters. The molecule has 0 amide bonds. The summed E-state index contributed by atoms with van der Waals surface area (Å²) in [5.74, 6) is -0.637. The van der Waals surface area contributed by atoms with Crippen LogP contribution < -0.4 is 0 Å². The van der Waals surface area contributed by atoms with Crippen LogP contribution in [-0.2, 0) is 0 Å². The highest BCUT2D eigenvalue weighted by Gasteiger charge is 2.39. The van der Waals surface area contributed by atoms with E-state index < -0.39 is 0 Å². The number of dihydropyridines is 2. The Morgan fingerprint density at radius 1 is 0.833 bits per heavy atom. The van der Waals surface area contributed by atoms with Crippen molar-refractivity contribution >= 4 is 23.9 Å². The van der Waals surface area contributed by atoms with Gasteiger partial charge in [0.05, 0.1) is 23.2 Å². The molecule has 1 aliphatic carbocycles. The summed E-state index contributed by atoms with van der Waals surface area (Å²) in [5, 5.41) is 24.8. The molecule has 90 valence electrons. The molecule has 2 aliphatic heterocycles. The maximum atomic E-state index is 9.15. The summed E-state index contributed by atoms with van der Waals surface area (Å²) in [6.07, 6.45) is 10.5. The Hall–Kier alpha value is -2.50. The van der Waals surface area contributed by atoms with Gasteiger partial charge in [-0.1, -0.05) is 22.5 Å². The Bertz CT molecular complexity index is 541. The van der Waals surface area contributed by atoms with Gasteiger partial charge in [0.2, 0.25) is 0 Å². The van der Waals surface area contributed by atoms with Crippen molar-refractivity contribution in [3.63, 3.8) is 0 Å². The second kappa shape index (κ2) is 4.06. The van der Waals surface area contributed by atoms with Crippen molar-refractivity contribution in [2.24, 2.45) is 32.1 Å². The van der Waals surface area contributed by atoms with Gasteiger partial charge in [0.25, 0.3) is 0 Å². The molecule has 2 heterocycles.